The molecule has 2 heterocycles. The third-order valence-electron chi connectivity index (χ3n) is 2.10. The zero-order valence-electron chi connectivity index (χ0n) is 7.03. The Morgan fingerprint density at radius 1 is 1.58 bits per heavy atom. The molecular weight excluding hydrogens is 150 g/mol. The molecule has 1 N–H and O–H groups in total. The van der Waals surface area contributed by atoms with E-state index in [0.717, 1.165) is 26.1 Å². The van der Waals surface area contributed by atoms with Gasteiger partial charge < -0.3 is 9.88 Å². The van der Waals surface area contributed by atoms with Crippen LogP contribution in [0.1, 0.15) is 6.42 Å². The van der Waals surface area contributed by atoms with Crippen LogP contribution in [0, 0.1) is 0 Å². The van der Waals surface area contributed by atoms with E-state index in [1.165, 1.54) is 5.57 Å². The molecule has 3 heteroatoms. The van der Waals surface area contributed by atoms with Gasteiger partial charge in [-0.2, -0.15) is 0 Å². The first-order chi connectivity index (χ1) is 5.95. The van der Waals surface area contributed by atoms with Crippen LogP contribution in [0.2, 0.25) is 0 Å². The van der Waals surface area contributed by atoms with E-state index in [1.54, 1.807) is 0 Å². The van der Waals surface area contributed by atoms with Crippen LogP contribution in [0.4, 0.5) is 0 Å². The topological polar surface area (TPSA) is 29.9 Å². The van der Waals surface area contributed by atoms with Crippen molar-refractivity contribution in [3.05, 3.63) is 30.4 Å². The molecule has 0 saturated carbocycles. The van der Waals surface area contributed by atoms with Crippen molar-refractivity contribution in [2.24, 2.45) is 0 Å². The number of hydrogen-bond donors (Lipinski definition) is 1. The van der Waals surface area contributed by atoms with Crippen molar-refractivity contribution < 1.29 is 0 Å². The highest BCUT2D eigenvalue weighted by Gasteiger charge is 2.02. The van der Waals surface area contributed by atoms with Crippen molar-refractivity contribution in [3.8, 4) is 0 Å². The predicted octanol–water partition coefficient (Wildman–Crippen LogP) is 0.803. The van der Waals surface area contributed by atoms with Crippen LogP contribution in [0.25, 0.3) is 0 Å². The van der Waals surface area contributed by atoms with Crippen molar-refractivity contribution in [2.75, 3.05) is 13.1 Å². The van der Waals surface area contributed by atoms with Gasteiger partial charge in [0.25, 0.3) is 0 Å². The van der Waals surface area contributed by atoms with Crippen molar-refractivity contribution in [1.82, 2.24) is 14.9 Å². The summed E-state index contributed by atoms with van der Waals surface area (Å²) in [6.07, 6.45) is 9.12. The molecule has 2 rings (SSSR count). The molecule has 0 spiro atoms. The SMILES string of the molecule is C1=C(Cn2ccnc2)CCNC1. The molecule has 12 heavy (non-hydrogen) atoms. The lowest BCUT2D eigenvalue weighted by atomic mass is 10.1. The number of nitrogens with zero attached hydrogens (tertiary/aromatic N) is 2. The molecule has 0 aromatic carbocycles. The van der Waals surface area contributed by atoms with E-state index in [2.05, 4.69) is 20.9 Å². The molecule has 0 unspecified atom stereocenters. The molecule has 0 fully saturated rings. The summed E-state index contributed by atoms with van der Waals surface area (Å²) in [6.45, 7) is 3.13. The van der Waals surface area contributed by atoms with Crippen LogP contribution in [-0.4, -0.2) is 22.6 Å². The van der Waals surface area contributed by atoms with Crippen molar-refractivity contribution in [1.29, 1.82) is 0 Å². The first-order valence-electron chi connectivity index (χ1n) is 4.29. The average molecular weight is 163 g/mol. The summed E-state index contributed by atoms with van der Waals surface area (Å²) in [5.41, 5.74) is 1.51. The Morgan fingerprint density at radius 2 is 2.58 bits per heavy atom. The van der Waals surface area contributed by atoms with Gasteiger partial charge in [-0.3, -0.25) is 0 Å². The van der Waals surface area contributed by atoms with Crippen LogP contribution in [0.3, 0.4) is 0 Å². The quantitative estimate of drug-likeness (QED) is 0.654. The fourth-order valence-electron chi connectivity index (χ4n) is 1.43. The maximum Gasteiger partial charge on any atom is 0.0948 e. The fraction of sp³-hybridized carbons (Fsp3) is 0.444. The largest absolute Gasteiger partial charge is 0.333 e. The molecule has 64 valence electrons. The van der Waals surface area contributed by atoms with Gasteiger partial charge in [-0.25, -0.2) is 4.98 Å². The molecule has 0 aliphatic carbocycles. The van der Waals surface area contributed by atoms with Gasteiger partial charge in [0.05, 0.1) is 6.33 Å². The van der Waals surface area contributed by atoms with Crippen LogP contribution >= 0.6 is 0 Å². The molecule has 1 aromatic rings. The maximum atomic E-state index is 4.01. The molecule has 1 aliphatic heterocycles. The second kappa shape index (κ2) is 3.54. The Morgan fingerprint density at radius 3 is 3.25 bits per heavy atom. The monoisotopic (exact) mass is 163 g/mol. The summed E-state index contributed by atoms with van der Waals surface area (Å²) in [5.74, 6) is 0. The van der Waals surface area contributed by atoms with Crippen molar-refractivity contribution in [2.45, 2.75) is 13.0 Å². The molecule has 1 aliphatic rings. The van der Waals surface area contributed by atoms with Crippen LogP contribution in [0.5, 0.6) is 0 Å². The van der Waals surface area contributed by atoms with Gasteiger partial charge in [-0.1, -0.05) is 11.6 Å². The molecule has 3 nitrogen and oxygen atoms in total. The standard InChI is InChI=1S/C9H13N3/c1-3-10-4-2-9(1)7-12-6-5-11-8-12/h1,5-6,8,10H,2-4,7H2. The van der Waals surface area contributed by atoms with Gasteiger partial charge in [0.2, 0.25) is 0 Å². The Bertz CT molecular complexity index is 261. The molecule has 0 saturated heterocycles. The summed E-state index contributed by atoms with van der Waals surface area (Å²) >= 11 is 0. The highest BCUT2D eigenvalue weighted by molar-refractivity contribution is 5.07. The zero-order chi connectivity index (χ0) is 8.23. The van der Waals surface area contributed by atoms with E-state index >= 15 is 0 Å². The minimum Gasteiger partial charge on any atom is -0.333 e. The van der Waals surface area contributed by atoms with E-state index in [1.807, 2.05) is 18.7 Å². The average Bonchev–Trinajstić information content (AvgIpc) is 2.59. The van der Waals surface area contributed by atoms with E-state index < -0.39 is 0 Å². The van der Waals surface area contributed by atoms with E-state index in [0.29, 0.717) is 0 Å². The minimum atomic E-state index is 1.00. The molecule has 0 amide bonds. The highest BCUT2D eigenvalue weighted by Crippen LogP contribution is 2.06. The van der Waals surface area contributed by atoms with E-state index in [-0.39, 0.29) is 0 Å². The number of hydrogen-bond acceptors (Lipinski definition) is 2. The van der Waals surface area contributed by atoms with Gasteiger partial charge in [-0.15, -0.1) is 0 Å². The highest BCUT2D eigenvalue weighted by atomic mass is 15.0. The Labute approximate surface area is 72.1 Å². The first kappa shape index (κ1) is 7.55. The molecule has 0 bridgehead atoms. The lowest BCUT2D eigenvalue weighted by Crippen LogP contribution is -2.21. The smallest absolute Gasteiger partial charge is 0.0948 e. The third kappa shape index (κ3) is 1.74. The Balaban J connectivity index is 1.98. The van der Waals surface area contributed by atoms with Gasteiger partial charge in [0.1, 0.15) is 0 Å². The minimum absolute atomic E-state index is 1.00. The van der Waals surface area contributed by atoms with Crippen LogP contribution < -0.4 is 5.32 Å². The van der Waals surface area contributed by atoms with Gasteiger partial charge in [-0.05, 0) is 13.0 Å². The molecular formula is C9H13N3. The van der Waals surface area contributed by atoms with Crippen LogP contribution in [-0.2, 0) is 6.54 Å². The summed E-state index contributed by atoms with van der Waals surface area (Å²) in [6, 6.07) is 0. The lowest BCUT2D eigenvalue weighted by molar-refractivity contribution is 0.650. The Hall–Kier alpha value is -1.09. The van der Waals surface area contributed by atoms with Gasteiger partial charge in [0.15, 0.2) is 0 Å². The first-order valence-corrected chi connectivity index (χ1v) is 4.29. The second-order valence-electron chi connectivity index (χ2n) is 3.05. The zero-order valence-corrected chi connectivity index (χ0v) is 7.03. The number of aromatic nitrogens is 2. The summed E-state index contributed by atoms with van der Waals surface area (Å²) in [7, 11) is 0. The van der Waals surface area contributed by atoms with Crippen molar-refractivity contribution in [3.63, 3.8) is 0 Å². The van der Waals surface area contributed by atoms with Gasteiger partial charge >= 0.3 is 0 Å². The second-order valence-corrected chi connectivity index (χ2v) is 3.05. The molecule has 1 aromatic heterocycles. The maximum absolute atomic E-state index is 4.01. The fourth-order valence-corrected chi connectivity index (χ4v) is 1.43. The number of nitrogens with one attached hydrogen (secondary N) is 1. The molecule has 0 radical (unpaired) electrons. The summed E-state index contributed by atoms with van der Waals surface area (Å²) < 4.78 is 2.11. The molecule has 0 atom stereocenters. The third-order valence-corrected chi connectivity index (χ3v) is 2.10. The number of imidazole rings is 1. The summed E-state index contributed by atoms with van der Waals surface area (Å²) in [4.78, 5) is 4.01. The van der Waals surface area contributed by atoms with E-state index in [9.17, 15) is 0 Å². The van der Waals surface area contributed by atoms with Gasteiger partial charge in [0, 0.05) is 25.5 Å². The normalized spacial score (nSPS) is 17.5. The van der Waals surface area contributed by atoms with Crippen molar-refractivity contribution >= 4 is 0 Å². The Kier molecular flexibility index (Phi) is 2.23. The van der Waals surface area contributed by atoms with Crippen LogP contribution in [0.15, 0.2) is 30.4 Å². The lowest BCUT2D eigenvalue weighted by Gasteiger charge is -2.13. The predicted molar refractivity (Wildman–Crippen MR) is 47.8 cm³/mol. The summed E-state index contributed by atoms with van der Waals surface area (Å²) in [5, 5.41) is 3.29. The van der Waals surface area contributed by atoms with E-state index in [4.69, 9.17) is 0 Å². The number of rotatable bonds is 2.